The Labute approximate surface area is 294 Å². The number of hydrogen-bond donors (Lipinski definition) is 6. The van der Waals surface area contributed by atoms with Crippen LogP contribution in [0.25, 0.3) is 0 Å². The summed E-state index contributed by atoms with van der Waals surface area (Å²) in [5, 5.41) is 24.1. The molecule has 19 nitrogen and oxygen atoms in total. The smallest absolute Gasteiger partial charge is 0.404 e. The maximum Gasteiger partial charge on any atom is 0.404 e. The maximum absolute atomic E-state index is 12.8. The number of aliphatic hydroxyl groups is 1. The lowest BCUT2D eigenvalue weighted by Gasteiger charge is -2.31. The molecule has 7 N–H and O–H groups in total. The number of allylic oxidation sites excluding steroid dienone is 1. The SMILES string of the molecule is CN(CCCCCC(=O)NC(CS(=O)(=O)O)C(=O)NCCCOc1cc(OC2CC(O)CC(C(=O)O)O2)ccc1COC(N)=O)C(=O)/C=C\C=O. The Morgan fingerprint density at radius 1 is 1.14 bits per heavy atom. The summed E-state index contributed by atoms with van der Waals surface area (Å²) < 4.78 is 54.1. The molecule has 1 aromatic carbocycles. The number of carbonyl (C=O) groups is 6. The summed E-state index contributed by atoms with van der Waals surface area (Å²) in [5.41, 5.74) is 5.44. The molecule has 4 amide bonds. The average Bonchev–Trinajstić information content (AvgIpc) is 3.04. The van der Waals surface area contributed by atoms with Gasteiger partial charge < -0.3 is 50.4 Å². The first-order chi connectivity index (χ1) is 24.1. The van der Waals surface area contributed by atoms with Crippen LogP contribution in [0.3, 0.4) is 0 Å². The number of amides is 4. The average molecular weight is 745 g/mol. The molecule has 20 heteroatoms. The van der Waals surface area contributed by atoms with E-state index < -0.39 is 64.3 Å². The van der Waals surface area contributed by atoms with Crippen molar-refractivity contribution in [1.82, 2.24) is 15.5 Å². The van der Waals surface area contributed by atoms with E-state index in [2.05, 4.69) is 10.6 Å². The first-order valence-electron chi connectivity index (χ1n) is 15.9. The standard InChI is InChI=1S/C31H44N4O15S/c1-35(27(39)8-5-13-36)12-4-2-3-7-26(38)34-23(19-51(44,45)46)29(40)33-11-6-14-47-24-17-22(10-9-20(24)18-48-31(32)43)49-28-16-21(37)15-25(50-28)30(41)42/h5,8-10,13,17,21,23,25,28,37H,2-4,6-7,11-12,14-16,18-19H2,1H3,(H2,32,43)(H,33,40)(H,34,38)(H,41,42)(H,44,45,46)/b8-5-. The second-order valence-corrected chi connectivity index (χ2v) is 12.9. The molecule has 51 heavy (non-hydrogen) atoms. The van der Waals surface area contributed by atoms with Crippen LogP contribution < -0.4 is 25.8 Å². The predicted molar refractivity (Wildman–Crippen MR) is 176 cm³/mol. The van der Waals surface area contributed by atoms with Crippen molar-refractivity contribution in [3.63, 3.8) is 0 Å². The molecule has 0 spiro atoms. The Morgan fingerprint density at radius 3 is 2.55 bits per heavy atom. The van der Waals surface area contributed by atoms with Gasteiger partial charge in [0.15, 0.2) is 6.10 Å². The quantitative estimate of drug-likeness (QED) is 0.0383. The van der Waals surface area contributed by atoms with Gasteiger partial charge in [-0.25, -0.2) is 9.59 Å². The fourth-order valence-corrected chi connectivity index (χ4v) is 5.33. The number of carboxylic acids is 1. The first-order valence-corrected chi connectivity index (χ1v) is 17.5. The number of aliphatic hydroxyl groups excluding tert-OH is 1. The highest BCUT2D eigenvalue weighted by Gasteiger charge is 2.34. The Hall–Kier alpha value is -4.79. The number of unbranched alkanes of at least 4 members (excludes halogenated alkanes) is 2. The summed E-state index contributed by atoms with van der Waals surface area (Å²) in [5.74, 6) is -3.81. The third kappa shape index (κ3) is 17.1. The van der Waals surface area contributed by atoms with Crippen LogP contribution in [0.5, 0.6) is 11.5 Å². The maximum atomic E-state index is 12.8. The lowest BCUT2D eigenvalue weighted by Crippen LogP contribution is -2.50. The number of nitrogens with two attached hydrogens (primary N) is 1. The van der Waals surface area contributed by atoms with Gasteiger partial charge in [0, 0.05) is 57.1 Å². The number of nitrogens with one attached hydrogen (secondary N) is 2. The van der Waals surface area contributed by atoms with Crippen molar-refractivity contribution in [2.75, 3.05) is 32.5 Å². The van der Waals surface area contributed by atoms with Gasteiger partial charge in [-0.2, -0.15) is 8.42 Å². The van der Waals surface area contributed by atoms with Crippen molar-refractivity contribution in [2.24, 2.45) is 5.73 Å². The molecule has 2 rings (SSSR count). The summed E-state index contributed by atoms with van der Waals surface area (Å²) in [6.07, 6.45) is -0.178. The molecule has 0 aromatic heterocycles. The van der Waals surface area contributed by atoms with Gasteiger partial charge in [-0.3, -0.25) is 23.7 Å². The lowest BCUT2D eigenvalue weighted by molar-refractivity contribution is -0.195. The van der Waals surface area contributed by atoms with Crippen molar-refractivity contribution in [3.8, 4) is 11.5 Å². The molecular weight excluding hydrogens is 700 g/mol. The second-order valence-electron chi connectivity index (χ2n) is 11.4. The van der Waals surface area contributed by atoms with Crippen molar-refractivity contribution < 1.29 is 70.9 Å². The van der Waals surface area contributed by atoms with Crippen LogP contribution in [0.2, 0.25) is 0 Å². The van der Waals surface area contributed by atoms with Crippen LogP contribution in [-0.2, 0) is 50.2 Å². The summed E-state index contributed by atoms with van der Waals surface area (Å²) in [6.45, 7) is 0.0304. The molecule has 1 fully saturated rings. The van der Waals surface area contributed by atoms with Crippen molar-refractivity contribution in [3.05, 3.63) is 35.9 Å². The lowest BCUT2D eigenvalue weighted by atomic mass is 10.1. The van der Waals surface area contributed by atoms with Crippen LogP contribution in [0, 0.1) is 0 Å². The monoisotopic (exact) mass is 744 g/mol. The number of aliphatic carboxylic acids is 1. The van der Waals surface area contributed by atoms with E-state index in [4.69, 9.17) is 24.7 Å². The molecule has 1 saturated heterocycles. The Kier molecular flexibility index (Phi) is 17.8. The molecule has 0 aliphatic carbocycles. The molecule has 0 radical (unpaired) electrons. The van der Waals surface area contributed by atoms with E-state index in [0.29, 0.717) is 37.7 Å². The fourth-order valence-electron chi connectivity index (χ4n) is 4.68. The number of aldehydes is 1. The normalized spacial score (nSPS) is 17.9. The minimum atomic E-state index is -4.65. The zero-order valence-corrected chi connectivity index (χ0v) is 28.7. The van der Waals surface area contributed by atoms with Gasteiger partial charge >= 0.3 is 12.1 Å². The first kappa shape index (κ1) is 42.4. The minimum absolute atomic E-state index is 0.00932. The second kappa shape index (κ2) is 21.4. The highest BCUT2D eigenvalue weighted by Crippen LogP contribution is 2.29. The number of hydrogen-bond acceptors (Lipinski definition) is 13. The van der Waals surface area contributed by atoms with Crippen LogP contribution in [-0.4, -0.2) is 121 Å². The summed E-state index contributed by atoms with van der Waals surface area (Å²) >= 11 is 0. The van der Waals surface area contributed by atoms with Gasteiger partial charge in [0.05, 0.1) is 12.7 Å². The van der Waals surface area contributed by atoms with E-state index in [1.165, 1.54) is 23.1 Å². The summed E-state index contributed by atoms with van der Waals surface area (Å²) in [7, 11) is -3.10. The molecule has 1 aliphatic rings. The van der Waals surface area contributed by atoms with Crippen LogP contribution >= 0.6 is 0 Å². The van der Waals surface area contributed by atoms with Crippen molar-refractivity contribution in [2.45, 2.75) is 76.1 Å². The van der Waals surface area contributed by atoms with Gasteiger partial charge in [-0.05, 0) is 37.5 Å². The molecule has 0 bridgehead atoms. The summed E-state index contributed by atoms with van der Waals surface area (Å²) in [4.78, 5) is 71.2. The van der Waals surface area contributed by atoms with Gasteiger partial charge in [0.25, 0.3) is 10.1 Å². The van der Waals surface area contributed by atoms with Crippen molar-refractivity contribution in [1.29, 1.82) is 0 Å². The van der Waals surface area contributed by atoms with Crippen LogP contribution in [0.4, 0.5) is 4.79 Å². The zero-order chi connectivity index (χ0) is 38.0. The van der Waals surface area contributed by atoms with Gasteiger partial charge in [-0.1, -0.05) is 6.42 Å². The molecule has 4 atom stereocenters. The highest BCUT2D eigenvalue weighted by atomic mass is 32.2. The number of carbonyl (C=O) groups excluding carboxylic acids is 5. The predicted octanol–water partition coefficient (Wildman–Crippen LogP) is -0.357. The molecule has 0 saturated carbocycles. The topological polar surface area (TPSA) is 287 Å². The van der Waals surface area contributed by atoms with Crippen molar-refractivity contribution >= 4 is 46.2 Å². The number of ether oxygens (including phenoxy) is 4. The van der Waals surface area contributed by atoms with Gasteiger partial charge in [-0.15, -0.1) is 0 Å². The van der Waals surface area contributed by atoms with E-state index >= 15 is 0 Å². The van der Waals surface area contributed by atoms with Crippen LogP contribution in [0.1, 0.15) is 50.5 Å². The van der Waals surface area contributed by atoms with E-state index in [1.807, 2.05) is 0 Å². The number of primary amides is 1. The van der Waals surface area contributed by atoms with E-state index in [0.717, 1.165) is 12.2 Å². The largest absolute Gasteiger partial charge is 0.493 e. The number of benzene rings is 1. The number of nitrogens with zero attached hydrogens (tertiary/aromatic N) is 1. The van der Waals surface area contributed by atoms with Crippen LogP contribution in [0.15, 0.2) is 30.4 Å². The molecule has 1 aliphatic heterocycles. The third-order valence-electron chi connectivity index (χ3n) is 7.22. The molecule has 284 valence electrons. The zero-order valence-electron chi connectivity index (χ0n) is 27.9. The Balaban J connectivity index is 1.90. The van der Waals surface area contributed by atoms with Gasteiger partial charge in [0.2, 0.25) is 24.0 Å². The molecule has 1 aromatic rings. The molecule has 4 unspecified atom stereocenters. The van der Waals surface area contributed by atoms with E-state index in [-0.39, 0.29) is 62.8 Å². The molecular formula is C31H44N4O15S. The fraction of sp³-hybridized carbons (Fsp3) is 0.548. The highest BCUT2D eigenvalue weighted by molar-refractivity contribution is 7.85. The summed E-state index contributed by atoms with van der Waals surface area (Å²) in [6, 6.07) is 2.81. The number of rotatable bonds is 22. The molecule has 1 heterocycles. The third-order valence-corrected chi connectivity index (χ3v) is 7.97. The van der Waals surface area contributed by atoms with E-state index in [1.54, 1.807) is 7.05 Å². The minimum Gasteiger partial charge on any atom is -0.493 e. The van der Waals surface area contributed by atoms with E-state index in [9.17, 15) is 52.0 Å². The number of likely N-dealkylation sites (N-methyl/N-ethyl adjacent to an activating group) is 1. The Morgan fingerprint density at radius 2 is 1.88 bits per heavy atom. The Bertz CT molecular complexity index is 1500. The van der Waals surface area contributed by atoms with Gasteiger partial charge in [0.1, 0.15) is 36.2 Å². The number of carboxylic acid groups (broad SMARTS) is 1.